The number of nitrogens with zero attached hydrogens (tertiary/aromatic N) is 1. The minimum atomic E-state index is -0.519. The molecule has 0 unspecified atom stereocenters. The van der Waals surface area contributed by atoms with Crippen LogP contribution in [0.15, 0.2) is 46.0 Å². The Kier molecular flexibility index (Phi) is 6.78. The van der Waals surface area contributed by atoms with Gasteiger partial charge in [0.05, 0.1) is 15.7 Å². The van der Waals surface area contributed by atoms with Gasteiger partial charge in [-0.05, 0) is 51.2 Å². The van der Waals surface area contributed by atoms with Crippen molar-refractivity contribution in [2.45, 2.75) is 26.2 Å². The molecule has 138 valence electrons. The van der Waals surface area contributed by atoms with Crippen LogP contribution in [-0.2, 0) is 10.2 Å². The highest BCUT2D eigenvalue weighted by molar-refractivity contribution is 9.10. The SMILES string of the molecule is CC(C)(C)c1ccc(OCC(=O)NN=Cc2c(F)cccc2Cl)c(Br)c1. The zero-order valence-corrected chi connectivity index (χ0v) is 17.0. The standard InChI is InChI=1S/C19H19BrClFN2O2/c1-19(2,3)12-7-8-17(14(20)9-12)26-11-18(25)24-23-10-13-15(21)5-4-6-16(13)22/h4-10H,11H2,1-3H3,(H,24,25). The van der Waals surface area contributed by atoms with Gasteiger partial charge in [-0.2, -0.15) is 5.10 Å². The number of hydrazone groups is 1. The number of benzene rings is 2. The van der Waals surface area contributed by atoms with Crippen LogP contribution in [0.25, 0.3) is 0 Å². The molecule has 2 aromatic rings. The fourth-order valence-corrected chi connectivity index (χ4v) is 2.77. The quantitative estimate of drug-likeness (QED) is 0.520. The molecule has 0 aliphatic rings. The number of carbonyl (C=O) groups is 1. The van der Waals surface area contributed by atoms with Gasteiger partial charge < -0.3 is 4.74 Å². The zero-order chi connectivity index (χ0) is 19.3. The van der Waals surface area contributed by atoms with Gasteiger partial charge in [0.15, 0.2) is 6.61 Å². The molecule has 0 aromatic heterocycles. The lowest BCUT2D eigenvalue weighted by Gasteiger charge is -2.20. The van der Waals surface area contributed by atoms with Crippen molar-refractivity contribution in [3.63, 3.8) is 0 Å². The highest BCUT2D eigenvalue weighted by atomic mass is 79.9. The van der Waals surface area contributed by atoms with E-state index >= 15 is 0 Å². The van der Waals surface area contributed by atoms with E-state index in [4.69, 9.17) is 16.3 Å². The van der Waals surface area contributed by atoms with Crippen LogP contribution in [0.3, 0.4) is 0 Å². The van der Waals surface area contributed by atoms with Crippen LogP contribution in [0.4, 0.5) is 4.39 Å². The van der Waals surface area contributed by atoms with Crippen molar-refractivity contribution in [3.8, 4) is 5.75 Å². The molecule has 0 aliphatic heterocycles. The average Bonchev–Trinajstić information content (AvgIpc) is 2.55. The van der Waals surface area contributed by atoms with E-state index < -0.39 is 11.7 Å². The number of nitrogens with one attached hydrogen (secondary N) is 1. The van der Waals surface area contributed by atoms with Gasteiger partial charge in [0.25, 0.3) is 5.91 Å². The minimum Gasteiger partial charge on any atom is -0.483 e. The van der Waals surface area contributed by atoms with E-state index in [9.17, 15) is 9.18 Å². The lowest BCUT2D eigenvalue weighted by Crippen LogP contribution is -2.24. The predicted molar refractivity (Wildman–Crippen MR) is 105 cm³/mol. The zero-order valence-electron chi connectivity index (χ0n) is 14.6. The molecule has 0 bridgehead atoms. The Balaban J connectivity index is 1.92. The van der Waals surface area contributed by atoms with Crippen molar-refractivity contribution in [1.82, 2.24) is 5.43 Å². The van der Waals surface area contributed by atoms with Crippen molar-refractivity contribution in [2.24, 2.45) is 5.10 Å². The second kappa shape index (κ2) is 8.64. The molecular weight excluding hydrogens is 423 g/mol. The highest BCUT2D eigenvalue weighted by Gasteiger charge is 2.15. The molecule has 2 rings (SSSR count). The van der Waals surface area contributed by atoms with Crippen LogP contribution < -0.4 is 10.2 Å². The summed E-state index contributed by atoms with van der Waals surface area (Å²) in [6, 6.07) is 10.0. The van der Waals surface area contributed by atoms with Crippen molar-refractivity contribution in [2.75, 3.05) is 6.61 Å². The maximum atomic E-state index is 13.6. The molecule has 0 saturated heterocycles. The normalized spacial score (nSPS) is 11.6. The Morgan fingerprint density at radius 2 is 2.08 bits per heavy atom. The molecule has 0 atom stereocenters. The number of hydrogen-bond acceptors (Lipinski definition) is 3. The Labute approximate surface area is 165 Å². The van der Waals surface area contributed by atoms with Gasteiger partial charge in [-0.25, -0.2) is 9.82 Å². The minimum absolute atomic E-state index is 0.0150. The van der Waals surface area contributed by atoms with E-state index in [0.717, 1.165) is 16.3 Å². The number of halogens is 3. The number of hydrogen-bond donors (Lipinski definition) is 1. The summed E-state index contributed by atoms with van der Waals surface area (Å²) in [6.07, 6.45) is 1.16. The monoisotopic (exact) mass is 440 g/mol. The maximum Gasteiger partial charge on any atom is 0.277 e. The first kappa shape index (κ1) is 20.4. The molecule has 0 radical (unpaired) electrons. The first-order chi connectivity index (χ1) is 12.2. The van der Waals surface area contributed by atoms with Crippen LogP contribution in [0.5, 0.6) is 5.75 Å². The lowest BCUT2D eigenvalue weighted by molar-refractivity contribution is -0.123. The fourth-order valence-electron chi connectivity index (χ4n) is 2.06. The van der Waals surface area contributed by atoms with Crippen molar-refractivity contribution < 1.29 is 13.9 Å². The summed E-state index contributed by atoms with van der Waals surface area (Å²) in [6.45, 7) is 6.11. The second-order valence-electron chi connectivity index (χ2n) is 6.61. The first-order valence-corrected chi connectivity index (χ1v) is 9.04. The summed E-state index contributed by atoms with van der Waals surface area (Å²) in [4.78, 5) is 11.8. The van der Waals surface area contributed by atoms with Gasteiger partial charge in [0, 0.05) is 5.56 Å². The van der Waals surface area contributed by atoms with Gasteiger partial charge in [-0.3, -0.25) is 4.79 Å². The van der Waals surface area contributed by atoms with E-state index in [1.165, 1.54) is 18.2 Å². The van der Waals surface area contributed by atoms with Crippen LogP contribution in [-0.4, -0.2) is 18.7 Å². The Morgan fingerprint density at radius 1 is 1.35 bits per heavy atom. The summed E-state index contributed by atoms with van der Waals surface area (Å²) in [7, 11) is 0. The van der Waals surface area contributed by atoms with Crippen LogP contribution in [0.2, 0.25) is 5.02 Å². The van der Waals surface area contributed by atoms with Crippen molar-refractivity contribution in [1.29, 1.82) is 0 Å². The number of amides is 1. The van der Waals surface area contributed by atoms with Gasteiger partial charge in [-0.1, -0.05) is 44.5 Å². The number of carbonyl (C=O) groups excluding carboxylic acids is 1. The molecule has 0 fully saturated rings. The van der Waals surface area contributed by atoms with Gasteiger partial charge in [0.1, 0.15) is 11.6 Å². The molecule has 26 heavy (non-hydrogen) atoms. The van der Waals surface area contributed by atoms with E-state index in [1.54, 1.807) is 6.07 Å². The van der Waals surface area contributed by atoms with E-state index in [2.05, 4.69) is 47.2 Å². The molecule has 2 aromatic carbocycles. The highest BCUT2D eigenvalue weighted by Crippen LogP contribution is 2.31. The van der Waals surface area contributed by atoms with Gasteiger partial charge in [0.2, 0.25) is 0 Å². The first-order valence-electron chi connectivity index (χ1n) is 7.87. The third-order valence-electron chi connectivity index (χ3n) is 3.54. The summed E-state index contributed by atoms with van der Waals surface area (Å²) < 4.78 is 19.8. The topological polar surface area (TPSA) is 50.7 Å². The molecule has 0 spiro atoms. The summed E-state index contributed by atoms with van der Waals surface area (Å²) in [5.41, 5.74) is 3.54. The van der Waals surface area contributed by atoms with Gasteiger partial charge >= 0.3 is 0 Å². The molecule has 7 heteroatoms. The molecular formula is C19H19BrClFN2O2. The molecule has 0 heterocycles. The van der Waals surface area contributed by atoms with E-state index in [1.807, 2.05) is 12.1 Å². The second-order valence-corrected chi connectivity index (χ2v) is 7.87. The van der Waals surface area contributed by atoms with Crippen LogP contribution >= 0.6 is 27.5 Å². The Hall–Kier alpha value is -1.92. The average molecular weight is 442 g/mol. The Morgan fingerprint density at radius 3 is 2.69 bits per heavy atom. The molecule has 4 nitrogen and oxygen atoms in total. The molecule has 1 N–H and O–H groups in total. The molecule has 0 aliphatic carbocycles. The van der Waals surface area contributed by atoms with Crippen molar-refractivity contribution in [3.05, 3.63) is 62.8 Å². The van der Waals surface area contributed by atoms with Gasteiger partial charge in [-0.15, -0.1) is 0 Å². The van der Waals surface area contributed by atoms with Crippen LogP contribution in [0, 0.1) is 5.82 Å². The smallest absolute Gasteiger partial charge is 0.277 e. The molecule has 1 amide bonds. The Bertz CT molecular complexity index is 815. The van der Waals surface area contributed by atoms with E-state index in [0.29, 0.717) is 5.75 Å². The van der Waals surface area contributed by atoms with E-state index in [-0.39, 0.29) is 22.6 Å². The predicted octanol–water partition coefficient (Wildman–Crippen LogP) is 5.07. The van der Waals surface area contributed by atoms with Crippen molar-refractivity contribution >= 4 is 39.7 Å². The lowest BCUT2D eigenvalue weighted by atomic mass is 9.87. The maximum absolute atomic E-state index is 13.6. The number of rotatable bonds is 5. The number of ether oxygens (including phenoxy) is 1. The summed E-state index contributed by atoms with van der Waals surface area (Å²) >= 11 is 9.32. The largest absolute Gasteiger partial charge is 0.483 e. The third kappa shape index (κ3) is 5.54. The summed E-state index contributed by atoms with van der Waals surface area (Å²) in [5, 5.41) is 3.91. The molecule has 0 saturated carbocycles. The van der Waals surface area contributed by atoms with Crippen LogP contribution in [0.1, 0.15) is 31.9 Å². The fraction of sp³-hybridized carbons (Fsp3) is 0.263. The summed E-state index contributed by atoms with van der Waals surface area (Å²) in [5.74, 6) is -0.440. The third-order valence-corrected chi connectivity index (χ3v) is 4.49.